The number of carboxylic acids is 4. The maximum absolute atomic E-state index is 10.8. The first-order valence-electron chi connectivity index (χ1n) is 10.8. The average Bonchev–Trinajstić information content (AvgIpc) is 2.76. The summed E-state index contributed by atoms with van der Waals surface area (Å²) in [7, 11) is 0. The molecular formula is C23H34Cl2N2O8Pt. The average molecular weight is 733 g/mol. The Labute approximate surface area is 235 Å². The van der Waals surface area contributed by atoms with E-state index in [-0.39, 0.29) is 33.1 Å². The van der Waals surface area contributed by atoms with Crippen LogP contribution in [0.25, 0.3) is 11.5 Å². The molecule has 1 aromatic rings. The first kappa shape index (κ1) is 38.8. The van der Waals surface area contributed by atoms with Crippen molar-refractivity contribution < 1.29 is 60.7 Å². The summed E-state index contributed by atoms with van der Waals surface area (Å²) in [5, 5.41) is 31.4. The van der Waals surface area contributed by atoms with Gasteiger partial charge in [-0.05, 0) is 30.4 Å². The summed E-state index contributed by atoms with van der Waals surface area (Å²) in [4.78, 5) is 37.1. The van der Waals surface area contributed by atoms with E-state index < -0.39 is 34.6 Å². The third-order valence-corrected chi connectivity index (χ3v) is 5.00. The molecule has 208 valence electrons. The number of carboxylic acid groups (broad SMARTS) is 4. The summed E-state index contributed by atoms with van der Waals surface area (Å²) < 4.78 is 0. The first-order chi connectivity index (χ1) is 16.1. The molecule has 1 fully saturated rings. The molecule has 36 heavy (non-hydrogen) atoms. The van der Waals surface area contributed by atoms with Crippen molar-refractivity contribution in [1.29, 1.82) is 0 Å². The normalized spacial score (nSPS) is 16.9. The minimum absolute atomic E-state index is 0. The van der Waals surface area contributed by atoms with Crippen LogP contribution < -0.4 is 0 Å². The van der Waals surface area contributed by atoms with E-state index in [1.807, 2.05) is 24.3 Å². The number of benzene rings is 1. The van der Waals surface area contributed by atoms with E-state index in [1.54, 1.807) is 6.92 Å². The fraction of sp³-hybridized carbons (Fsp3) is 0.565. The summed E-state index contributed by atoms with van der Waals surface area (Å²) in [6, 6.07) is 7.71. The molecule has 3 atom stereocenters. The van der Waals surface area contributed by atoms with Gasteiger partial charge in [-0.1, -0.05) is 87.0 Å². The number of hydrogen-bond donors (Lipinski definition) is 4. The SMILES string of the molecule is CC(C)Cc1ccc(C(C)C(=O)O)cc1.O=C(O)C(=O)O.O=C(O)C(Cl)Cl.[NH-]C1CCCCC1[NH-].[Pt+2]. The van der Waals surface area contributed by atoms with Gasteiger partial charge in [0, 0.05) is 0 Å². The molecule has 3 unspecified atom stereocenters. The predicted octanol–water partition coefficient (Wildman–Crippen LogP) is 5.50. The van der Waals surface area contributed by atoms with Gasteiger partial charge in [0.2, 0.25) is 4.84 Å². The summed E-state index contributed by atoms with van der Waals surface area (Å²) >= 11 is 9.56. The molecule has 0 heterocycles. The van der Waals surface area contributed by atoms with Crippen LogP contribution in [0.4, 0.5) is 0 Å². The second-order valence-electron chi connectivity index (χ2n) is 8.15. The molecular weight excluding hydrogens is 698 g/mol. The maximum Gasteiger partial charge on any atom is 2.00 e. The second-order valence-corrected chi connectivity index (χ2v) is 9.24. The molecule has 1 saturated carbocycles. The number of aliphatic carboxylic acids is 4. The van der Waals surface area contributed by atoms with Gasteiger partial charge in [-0.2, -0.15) is 12.1 Å². The Hall–Kier alpha value is -1.71. The van der Waals surface area contributed by atoms with E-state index in [1.165, 1.54) is 18.4 Å². The number of halogens is 2. The van der Waals surface area contributed by atoms with E-state index in [0.29, 0.717) is 5.92 Å². The van der Waals surface area contributed by atoms with Crippen molar-refractivity contribution in [3.8, 4) is 0 Å². The third kappa shape index (κ3) is 20.5. The summed E-state index contributed by atoms with van der Waals surface area (Å²) in [6.45, 7) is 6.06. The van der Waals surface area contributed by atoms with Gasteiger partial charge in [0.05, 0.1) is 5.92 Å². The minimum atomic E-state index is -1.82. The molecule has 0 bridgehead atoms. The number of nitrogens with one attached hydrogen (secondary N) is 2. The molecule has 1 aromatic carbocycles. The van der Waals surface area contributed by atoms with Crippen LogP contribution in [-0.2, 0) is 46.7 Å². The Morgan fingerprint density at radius 2 is 1.19 bits per heavy atom. The third-order valence-electron chi connectivity index (χ3n) is 4.63. The predicted molar refractivity (Wildman–Crippen MR) is 134 cm³/mol. The van der Waals surface area contributed by atoms with E-state index >= 15 is 0 Å². The Bertz CT molecular complexity index is 773. The van der Waals surface area contributed by atoms with Crippen molar-refractivity contribution in [2.45, 2.75) is 75.7 Å². The smallest absolute Gasteiger partial charge is 0.676 e. The first-order valence-corrected chi connectivity index (χ1v) is 11.7. The molecule has 0 amide bonds. The van der Waals surface area contributed by atoms with Gasteiger partial charge in [-0.25, -0.2) is 14.4 Å². The minimum Gasteiger partial charge on any atom is -0.676 e. The number of rotatable bonds is 5. The Morgan fingerprint density at radius 3 is 1.42 bits per heavy atom. The molecule has 1 aliphatic rings. The quantitative estimate of drug-likeness (QED) is 0.225. The monoisotopic (exact) mass is 731 g/mol. The molecule has 0 aromatic heterocycles. The van der Waals surface area contributed by atoms with Gasteiger partial charge in [-0.3, -0.25) is 4.79 Å². The van der Waals surface area contributed by atoms with E-state index in [4.69, 9.17) is 64.7 Å². The standard InChI is InChI=1S/C13H18O2.C6H12N2.C2H2Cl2O2.C2H2O4.Pt/c1-9(2)8-11-4-6-12(7-5-11)10(3)13(14)15;7-5-3-1-2-4-6(5)8;2*3-1(4)2(5)6;/h4-7,9-10H,8H2,1-3H3,(H,14,15);5-8H,1-4H2;1H,(H,5,6);(H,3,4)(H,5,6);/q;-2;;;+2. The van der Waals surface area contributed by atoms with Gasteiger partial charge in [0.25, 0.3) is 0 Å². The van der Waals surface area contributed by atoms with Crippen LogP contribution in [0.3, 0.4) is 0 Å². The van der Waals surface area contributed by atoms with Gasteiger partial charge < -0.3 is 31.9 Å². The summed E-state index contributed by atoms with van der Waals surface area (Å²) in [5.74, 6) is -5.42. The van der Waals surface area contributed by atoms with E-state index in [9.17, 15) is 9.59 Å². The molecule has 0 aliphatic heterocycles. The van der Waals surface area contributed by atoms with Crippen LogP contribution in [0.15, 0.2) is 24.3 Å². The van der Waals surface area contributed by atoms with Crippen LogP contribution in [0.2, 0.25) is 0 Å². The molecule has 6 N–H and O–H groups in total. The Kier molecular flexibility index (Phi) is 23.1. The zero-order chi connectivity index (χ0) is 27.7. The van der Waals surface area contributed by atoms with Gasteiger partial charge in [0.1, 0.15) is 0 Å². The van der Waals surface area contributed by atoms with Crippen LogP contribution in [0.5, 0.6) is 0 Å². The van der Waals surface area contributed by atoms with E-state index in [0.717, 1.165) is 24.8 Å². The zero-order valence-corrected chi connectivity index (χ0v) is 24.0. The van der Waals surface area contributed by atoms with Crippen LogP contribution in [0.1, 0.15) is 63.5 Å². The zero-order valence-electron chi connectivity index (χ0n) is 20.2. The van der Waals surface area contributed by atoms with Crippen LogP contribution in [-0.4, -0.2) is 61.2 Å². The molecule has 1 aliphatic carbocycles. The van der Waals surface area contributed by atoms with Crippen LogP contribution >= 0.6 is 23.2 Å². The molecule has 10 nitrogen and oxygen atoms in total. The molecule has 2 rings (SSSR count). The van der Waals surface area contributed by atoms with Crippen molar-refractivity contribution >= 4 is 47.1 Å². The van der Waals surface area contributed by atoms with Crippen molar-refractivity contribution in [1.82, 2.24) is 0 Å². The largest absolute Gasteiger partial charge is 2.00 e. The Balaban J connectivity index is -0.000000440. The van der Waals surface area contributed by atoms with Gasteiger partial charge in [-0.15, -0.1) is 0 Å². The maximum atomic E-state index is 10.8. The molecule has 0 radical (unpaired) electrons. The van der Waals surface area contributed by atoms with Crippen molar-refractivity contribution in [3.63, 3.8) is 0 Å². The van der Waals surface area contributed by atoms with Crippen LogP contribution in [0, 0.1) is 5.92 Å². The van der Waals surface area contributed by atoms with Crippen molar-refractivity contribution in [2.24, 2.45) is 5.92 Å². The van der Waals surface area contributed by atoms with Crippen molar-refractivity contribution in [3.05, 3.63) is 46.9 Å². The number of carbonyl (C=O) groups is 4. The Morgan fingerprint density at radius 1 is 0.833 bits per heavy atom. The molecule has 0 spiro atoms. The van der Waals surface area contributed by atoms with E-state index in [2.05, 4.69) is 13.8 Å². The summed E-state index contributed by atoms with van der Waals surface area (Å²) in [6.07, 6.45) is 5.29. The van der Waals surface area contributed by atoms with Gasteiger partial charge >= 0.3 is 44.9 Å². The molecule has 0 saturated heterocycles. The number of alkyl halides is 2. The topological polar surface area (TPSA) is 197 Å². The van der Waals surface area contributed by atoms with Gasteiger partial charge in [0.15, 0.2) is 0 Å². The fourth-order valence-corrected chi connectivity index (χ4v) is 2.69. The van der Waals surface area contributed by atoms with Crippen molar-refractivity contribution in [2.75, 3.05) is 0 Å². The fourth-order valence-electron chi connectivity index (χ4n) is 2.69. The number of hydrogen-bond acceptors (Lipinski definition) is 4. The second kappa shape index (κ2) is 21.4. The molecule has 13 heteroatoms. The summed E-state index contributed by atoms with van der Waals surface area (Å²) in [5.41, 5.74) is 16.7.